The van der Waals surface area contributed by atoms with Crippen LogP contribution in [0.5, 0.6) is 0 Å². The quantitative estimate of drug-likeness (QED) is 0.716. The molecule has 0 aromatic carbocycles. The maximum Gasteiger partial charge on any atom is 0.255 e. The number of hydrogen-bond donors (Lipinski definition) is 0. The standard InChI is InChI=1S/C21H29N5O2/c1-4-25-15(2)17(13-23-25)14-24-11-7-18(8-12-24)26-19(20(28-3)21(26)27)16-5-9-22-10-6-16/h5-6,9-10,13,18-20H,4,7-8,11-12,14H2,1-3H3/t19-,20+/m0/s1. The van der Waals surface area contributed by atoms with E-state index in [0.29, 0.717) is 0 Å². The number of amides is 1. The number of hydrogen-bond acceptors (Lipinski definition) is 5. The predicted molar refractivity (Wildman–Crippen MR) is 106 cm³/mol. The highest BCUT2D eigenvalue weighted by molar-refractivity contribution is 5.89. The zero-order valence-electron chi connectivity index (χ0n) is 16.9. The van der Waals surface area contributed by atoms with E-state index in [1.165, 1.54) is 11.3 Å². The van der Waals surface area contributed by atoms with Gasteiger partial charge in [-0.15, -0.1) is 0 Å². The highest BCUT2D eigenvalue weighted by atomic mass is 16.5. The monoisotopic (exact) mass is 383 g/mol. The van der Waals surface area contributed by atoms with Crippen molar-refractivity contribution < 1.29 is 9.53 Å². The molecule has 2 saturated heterocycles. The molecule has 0 radical (unpaired) electrons. The Kier molecular flexibility index (Phi) is 5.46. The molecule has 0 saturated carbocycles. The largest absolute Gasteiger partial charge is 0.369 e. The average molecular weight is 383 g/mol. The van der Waals surface area contributed by atoms with E-state index >= 15 is 0 Å². The van der Waals surface area contributed by atoms with E-state index in [1.807, 2.05) is 27.9 Å². The van der Waals surface area contributed by atoms with E-state index in [9.17, 15) is 4.79 Å². The van der Waals surface area contributed by atoms with E-state index < -0.39 is 0 Å². The van der Waals surface area contributed by atoms with Crippen LogP contribution in [0.25, 0.3) is 0 Å². The van der Waals surface area contributed by atoms with Gasteiger partial charge in [0.15, 0.2) is 6.10 Å². The second-order valence-electron chi connectivity index (χ2n) is 7.71. The number of nitrogens with zero attached hydrogens (tertiary/aromatic N) is 5. The van der Waals surface area contributed by atoms with Gasteiger partial charge in [-0.25, -0.2) is 0 Å². The molecule has 0 unspecified atom stereocenters. The van der Waals surface area contributed by atoms with Crippen LogP contribution < -0.4 is 0 Å². The lowest BCUT2D eigenvalue weighted by atomic mass is 9.86. The van der Waals surface area contributed by atoms with Gasteiger partial charge in [-0.2, -0.15) is 5.10 Å². The van der Waals surface area contributed by atoms with Gasteiger partial charge in [0.2, 0.25) is 0 Å². The SMILES string of the molecule is CCn1ncc(CN2CCC(N3C(=O)[C@H](OC)[C@@H]3c3ccncc3)CC2)c1C. The number of carbonyl (C=O) groups is 1. The van der Waals surface area contributed by atoms with Crippen LogP contribution in [0.1, 0.15) is 42.6 Å². The fourth-order valence-corrected chi connectivity index (χ4v) is 4.57. The summed E-state index contributed by atoms with van der Waals surface area (Å²) in [5, 5.41) is 4.45. The number of carbonyl (C=O) groups excluding carboxylic acids is 1. The Balaban J connectivity index is 1.40. The number of likely N-dealkylation sites (tertiary alicyclic amines) is 2. The molecule has 1 amide bonds. The second-order valence-corrected chi connectivity index (χ2v) is 7.71. The summed E-state index contributed by atoms with van der Waals surface area (Å²) in [7, 11) is 1.62. The third-order valence-electron chi connectivity index (χ3n) is 6.23. The Hall–Kier alpha value is -2.25. The molecule has 7 nitrogen and oxygen atoms in total. The smallest absolute Gasteiger partial charge is 0.255 e. The zero-order valence-corrected chi connectivity index (χ0v) is 16.9. The maximum atomic E-state index is 12.7. The van der Waals surface area contributed by atoms with Gasteiger partial charge in [-0.3, -0.25) is 19.4 Å². The number of piperidine rings is 1. The number of aromatic nitrogens is 3. The van der Waals surface area contributed by atoms with E-state index in [0.717, 1.165) is 44.6 Å². The van der Waals surface area contributed by atoms with Crippen molar-refractivity contribution in [3.63, 3.8) is 0 Å². The van der Waals surface area contributed by atoms with Crippen LogP contribution in [0.15, 0.2) is 30.7 Å². The number of rotatable bonds is 6. The summed E-state index contributed by atoms with van der Waals surface area (Å²) in [5.74, 6) is 0.114. The molecule has 150 valence electrons. The Bertz CT molecular complexity index is 813. The highest BCUT2D eigenvalue weighted by Gasteiger charge is 2.51. The van der Waals surface area contributed by atoms with Crippen molar-refractivity contribution in [2.75, 3.05) is 20.2 Å². The van der Waals surface area contributed by atoms with Crippen LogP contribution in [-0.4, -0.2) is 62.8 Å². The first-order valence-corrected chi connectivity index (χ1v) is 10.1. The lowest BCUT2D eigenvalue weighted by molar-refractivity contribution is -0.178. The number of β-lactam (4-membered cyclic amide) rings is 1. The minimum absolute atomic E-state index is 0.00193. The summed E-state index contributed by atoms with van der Waals surface area (Å²) in [6.07, 6.45) is 7.17. The van der Waals surface area contributed by atoms with Crippen molar-refractivity contribution in [2.45, 2.75) is 58.0 Å². The van der Waals surface area contributed by atoms with Crippen LogP contribution in [0.3, 0.4) is 0 Å². The van der Waals surface area contributed by atoms with Crippen LogP contribution in [0.4, 0.5) is 0 Å². The molecule has 0 aliphatic carbocycles. The third kappa shape index (κ3) is 3.33. The van der Waals surface area contributed by atoms with Gasteiger partial charge in [0.05, 0.1) is 12.2 Å². The molecule has 7 heteroatoms. The summed E-state index contributed by atoms with van der Waals surface area (Å²) < 4.78 is 7.53. The van der Waals surface area contributed by atoms with Crippen molar-refractivity contribution in [3.8, 4) is 0 Å². The summed E-state index contributed by atoms with van der Waals surface area (Å²) in [6.45, 7) is 8.08. The number of ether oxygens (including phenoxy) is 1. The Morgan fingerprint density at radius 3 is 2.54 bits per heavy atom. The number of methoxy groups -OCH3 is 1. The average Bonchev–Trinajstić information content (AvgIpc) is 3.07. The summed E-state index contributed by atoms with van der Waals surface area (Å²) in [4.78, 5) is 21.3. The molecular weight excluding hydrogens is 354 g/mol. The van der Waals surface area contributed by atoms with Crippen LogP contribution in [-0.2, 0) is 22.6 Å². The molecule has 4 rings (SSSR count). The van der Waals surface area contributed by atoms with Crippen LogP contribution in [0, 0.1) is 6.92 Å². The molecule has 4 heterocycles. The molecule has 2 aromatic rings. The van der Waals surface area contributed by atoms with Crippen molar-refractivity contribution >= 4 is 5.91 Å². The second kappa shape index (κ2) is 8.01. The Morgan fingerprint density at radius 1 is 1.21 bits per heavy atom. The highest BCUT2D eigenvalue weighted by Crippen LogP contribution is 2.40. The predicted octanol–water partition coefficient (Wildman–Crippen LogP) is 2.17. The van der Waals surface area contributed by atoms with Crippen LogP contribution >= 0.6 is 0 Å². The Labute approximate surface area is 166 Å². The molecule has 2 aliphatic rings. The van der Waals surface area contributed by atoms with Gasteiger partial charge in [0, 0.05) is 63.0 Å². The van der Waals surface area contributed by atoms with Gasteiger partial charge in [0.25, 0.3) is 5.91 Å². The molecule has 2 atom stereocenters. The first-order valence-electron chi connectivity index (χ1n) is 10.1. The molecule has 2 aliphatic heterocycles. The van der Waals surface area contributed by atoms with Gasteiger partial charge in [0.1, 0.15) is 0 Å². The fourth-order valence-electron chi connectivity index (χ4n) is 4.57. The van der Waals surface area contributed by atoms with E-state index in [1.54, 1.807) is 19.5 Å². The van der Waals surface area contributed by atoms with Gasteiger partial charge in [-0.05, 0) is 44.4 Å². The van der Waals surface area contributed by atoms with Crippen molar-refractivity contribution in [2.24, 2.45) is 0 Å². The van der Waals surface area contributed by atoms with Gasteiger partial charge < -0.3 is 9.64 Å². The van der Waals surface area contributed by atoms with Crippen molar-refractivity contribution in [1.82, 2.24) is 24.6 Å². The normalized spacial score (nSPS) is 23.8. The van der Waals surface area contributed by atoms with E-state index in [2.05, 4.69) is 28.8 Å². The molecule has 0 N–H and O–H groups in total. The first kappa shape index (κ1) is 19.1. The molecule has 2 fully saturated rings. The molecule has 0 bridgehead atoms. The molecule has 2 aromatic heterocycles. The molecule has 0 spiro atoms. The first-order chi connectivity index (χ1) is 13.6. The number of aryl methyl sites for hydroxylation is 1. The fraction of sp³-hybridized carbons (Fsp3) is 0.571. The van der Waals surface area contributed by atoms with Crippen molar-refractivity contribution in [1.29, 1.82) is 0 Å². The molecule has 28 heavy (non-hydrogen) atoms. The van der Waals surface area contributed by atoms with Crippen molar-refractivity contribution in [3.05, 3.63) is 47.5 Å². The maximum absolute atomic E-state index is 12.7. The summed E-state index contributed by atoms with van der Waals surface area (Å²) in [5.41, 5.74) is 3.66. The van der Waals surface area contributed by atoms with E-state index in [-0.39, 0.29) is 24.1 Å². The zero-order chi connectivity index (χ0) is 19.7. The summed E-state index contributed by atoms with van der Waals surface area (Å²) in [6, 6.07) is 4.24. The minimum atomic E-state index is -0.372. The molecular formula is C21H29N5O2. The van der Waals surface area contributed by atoms with E-state index in [4.69, 9.17) is 4.74 Å². The van der Waals surface area contributed by atoms with Gasteiger partial charge in [-0.1, -0.05) is 0 Å². The summed E-state index contributed by atoms with van der Waals surface area (Å²) >= 11 is 0. The van der Waals surface area contributed by atoms with Crippen LogP contribution in [0.2, 0.25) is 0 Å². The number of pyridine rings is 1. The minimum Gasteiger partial charge on any atom is -0.369 e. The lowest BCUT2D eigenvalue weighted by Crippen LogP contribution is -2.64. The van der Waals surface area contributed by atoms with Gasteiger partial charge >= 0.3 is 0 Å². The lowest BCUT2D eigenvalue weighted by Gasteiger charge is -2.52. The third-order valence-corrected chi connectivity index (χ3v) is 6.23. The Morgan fingerprint density at radius 2 is 1.93 bits per heavy atom. The topological polar surface area (TPSA) is 63.5 Å².